The van der Waals surface area contributed by atoms with Gasteiger partial charge in [-0.15, -0.1) is 0 Å². The van der Waals surface area contributed by atoms with E-state index in [2.05, 4.69) is 4.98 Å². The van der Waals surface area contributed by atoms with Crippen LogP contribution in [0.4, 0.5) is 10.1 Å². The van der Waals surface area contributed by atoms with Crippen LogP contribution < -0.4 is 14.2 Å². The second-order valence-corrected chi connectivity index (χ2v) is 10.8. The van der Waals surface area contributed by atoms with Crippen molar-refractivity contribution >= 4 is 32.5 Å². The van der Waals surface area contributed by atoms with Crippen molar-refractivity contribution in [2.24, 2.45) is 5.92 Å². The van der Waals surface area contributed by atoms with E-state index in [4.69, 9.17) is 14.2 Å². The van der Waals surface area contributed by atoms with Crippen LogP contribution in [0.3, 0.4) is 0 Å². The number of carbonyl (C=O) groups is 1. The van der Waals surface area contributed by atoms with Crippen molar-refractivity contribution in [3.63, 3.8) is 0 Å². The van der Waals surface area contributed by atoms with Crippen LogP contribution in [-0.4, -0.2) is 43.8 Å². The first kappa shape index (κ1) is 27.1. The highest BCUT2D eigenvalue weighted by Gasteiger charge is 2.27. The summed E-state index contributed by atoms with van der Waals surface area (Å²) in [6.45, 7) is 0.214. The van der Waals surface area contributed by atoms with Gasteiger partial charge in [0, 0.05) is 35.5 Å². The summed E-state index contributed by atoms with van der Waals surface area (Å²) in [5.74, 6) is -0.817. The van der Waals surface area contributed by atoms with Crippen molar-refractivity contribution in [2.75, 3.05) is 13.2 Å². The molecule has 1 aromatic heterocycles. The highest BCUT2D eigenvalue weighted by molar-refractivity contribution is 7.90. The fraction of sp³-hybridized carbons (Fsp3) is 0.222. The Balaban J connectivity index is 1.33. The molecule has 0 radical (unpaired) electrons. The van der Waals surface area contributed by atoms with E-state index in [0.717, 1.165) is 29.1 Å². The number of carbonyl (C=O) groups excluding carboxylic acids is 1. The fourth-order valence-electron chi connectivity index (χ4n) is 4.30. The third-order valence-corrected chi connectivity index (χ3v) is 7.70. The Morgan fingerprint density at radius 1 is 1.12 bits per heavy atom. The number of nitro benzene ring substituents is 1. The number of nitro groups is 1. The van der Waals surface area contributed by atoms with Gasteiger partial charge in [0.1, 0.15) is 11.5 Å². The summed E-state index contributed by atoms with van der Waals surface area (Å²) in [6, 6.07) is 16.2. The lowest BCUT2D eigenvalue weighted by Gasteiger charge is -2.24. The smallest absolute Gasteiger partial charge is 0.312 e. The molecule has 2 unspecified atom stereocenters. The third kappa shape index (κ3) is 6.05. The zero-order chi connectivity index (χ0) is 28.3. The Morgan fingerprint density at radius 3 is 2.75 bits per heavy atom. The quantitative estimate of drug-likeness (QED) is 0.209. The molecule has 1 amide bonds. The van der Waals surface area contributed by atoms with E-state index in [9.17, 15) is 27.7 Å². The molecule has 5 rings (SSSR count). The van der Waals surface area contributed by atoms with Crippen LogP contribution in [0.2, 0.25) is 0 Å². The average molecular weight is 570 g/mol. The Kier molecular flexibility index (Phi) is 7.67. The van der Waals surface area contributed by atoms with Gasteiger partial charge in [0.2, 0.25) is 0 Å². The molecule has 40 heavy (non-hydrogen) atoms. The summed E-state index contributed by atoms with van der Waals surface area (Å²) in [5.41, 5.74) is 0.229. The van der Waals surface area contributed by atoms with Gasteiger partial charge in [0.05, 0.1) is 28.6 Å². The molecule has 2 heterocycles. The van der Waals surface area contributed by atoms with Crippen LogP contribution in [0.25, 0.3) is 10.9 Å². The predicted octanol–water partition coefficient (Wildman–Crippen LogP) is 5.09. The molecule has 0 saturated carbocycles. The standard InChI is InChI=1S/C27H24FN3O8S/c28-26-13-17(10-12-37-26)16-38-25-8-6-20(15-23(25)31(33)34)40(35,36)30-27(32)21-3-1-2-4-24(21)39-19-5-7-22-18(14-19)9-11-29-22/h1-9,11,14-15,17,26,29H,10,12-13,16H2,(H,30,32). The molecule has 1 aliphatic heterocycles. The summed E-state index contributed by atoms with van der Waals surface area (Å²) >= 11 is 0. The van der Waals surface area contributed by atoms with Gasteiger partial charge in [0.25, 0.3) is 15.9 Å². The number of para-hydroxylation sites is 1. The highest BCUT2D eigenvalue weighted by Crippen LogP contribution is 2.32. The number of fused-ring (bicyclic) bond motifs is 1. The summed E-state index contributed by atoms with van der Waals surface area (Å²) < 4.78 is 57.7. The maximum atomic E-state index is 13.5. The molecule has 0 spiro atoms. The predicted molar refractivity (Wildman–Crippen MR) is 142 cm³/mol. The first-order chi connectivity index (χ1) is 19.2. The Bertz CT molecular complexity index is 1670. The first-order valence-corrected chi connectivity index (χ1v) is 13.8. The number of nitrogens with one attached hydrogen (secondary N) is 2. The van der Waals surface area contributed by atoms with Crippen molar-refractivity contribution in [1.29, 1.82) is 0 Å². The summed E-state index contributed by atoms with van der Waals surface area (Å²) in [7, 11) is -4.52. The van der Waals surface area contributed by atoms with Crippen LogP contribution in [0.5, 0.6) is 17.2 Å². The number of ether oxygens (including phenoxy) is 3. The molecule has 0 aliphatic carbocycles. The van der Waals surface area contributed by atoms with E-state index in [1.807, 2.05) is 10.8 Å². The number of halogens is 1. The number of aromatic amines is 1. The monoisotopic (exact) mass is 569 g/mol. The van der Waals surface area contributed by atoms with Gasteiger partial charge in [-0.2, -0.15) is 0 Å². The lowest BCUT2D eigenvalue weighted by molar-refractivity contribution is -0.386. The van der Waals surface area contributed by atoms with Gasteiger partial charge >= 0.3 is 5.69 Å². The van der Waals surface area contributed by atoms with Crippen molar-refractivity contribution in [3.8, 4) is 17.2 Å². The van der Waals surface area contributed by atoms with Crippen molar-refractivity contribution in [1.82, 2.24) is 9.71 Å². The summed E-state index contributed by atoms with van der Waals surface area (Å²) in [4.78, 5) is 26.5. The van der Waals surface area contributed by atoms with Gasteiger partial charge in [-0.1, -0.05) is 12.1 Å². The average Bonchev–Trinajstić information content (AvgIpc) is 3.40. The van der Waals surface area contributed by atoms with Crippen LogP contribution in [0.15, 0.2) is 77.8 Å². The van der Waals surface area contributed by atoms with Crippen LogP contribution in [-0.2, 0) is 14.8 Å². The van der Waals surface area contributed by atoms with Crippen molar-refractivity contribution < 1.29 is 36.7 Å². The van der Waals surface area contributed by atoms with Gasteiger partial charge in [-0.05, 0) is 55.0 Å². The van der Waals surface area contributed by atoms with E-state index < -0.39 is 37.8 Å². The molecule has 2 atom stereocenters. The molecule has 11 nitrogen and oxygen atoms in total. The molecule has 3 aromatic carbocycles. The molecule has 4 aromatic rings. The van der Waals surface area contributed by atoms with Gasteiger partial charge < -0.3 is 19.2 Å². The molecule has 13 heteroatoms. The van der Waals surface area contributed by atoms with Gasteiger partial charge in [-0.25, -0.2) is 17.5 Å². The maximum absolute atomic E-state index is 13.5. The number of aromatic nitrogens is 1. The zero-order valence-electron chi connectivity index (χ0n) is 20.9. The third-order valence-electron chi connectivity index (χ3n) is 6.37. The number of rotatable bonds is 9. The molecule has 1 saturated heterocycles. The largest absolute Gasteiger partial charge is 0.487 e. The highest BCUT2D eigenvalue weighted by atomic mass is 32.2. The number of nitrogens with zero attached hydrogens (tertiary/aromatic N) is 1. The maximum Gasteiger partial charge on any atom is 0.312 e. The topological polar surface area (TPSA) is 150 Å². The zero-order valence-corrected chi connectivity index (χ0v) is 21.7. The van der Waals surface area contributed by atoms with E-state index in [1.54, 1.807) is 36.5 Å². The SMILES string of the molecule is O=C(NS(=O)(=O)c1ccc(OCC2CCOC(F)C2)c([N+](=O)[O-])c1)c1ccccc1Oc1ccc2[nH]ccc2c1. The molecular weight excluding hydrogens is 545 g/mol. The number of benzene rings is 3. The van der Waals surface area contributed by atoms with Crippen LogP contribution in [0.1, 0.15) is 23.2 Å². The molecule has 2 N–H and O–H groups in total. The second kappa shape index (κ2) is 11.3. The molecular formula is C27H24FN3O8S. The lowest BCUT2D eigenvalue weighted by atomic mass is 10.0. The van der Waals surface area contributed by atoms with E-state index >= 15 is 0 Å². The van der Waals surface area contributed by atoms with E-state index in [0.29, 0.717) is 12.2 Å². The van der Waals surface area contributed by atoms with E-state index in [1.165, 1.54) is 12.1 Å². The first-order valence-electron chi connectivity index (χ1n) is 12.3. The molecule has 1 aliphatic rings. The Labute approximate surface area is 228 Å². The van der Waals surface area contributed by atoms with E-state index in [-0.39, 0.29) is 42.6 Å². The Morgan fingerprint density at radius 2 is 1.95 bits per heavy atom. The minimum absolute atomic E-state index is 0.00125. The fourth-order valence-corrected chi connectivity index (χ4v) is 5.29. The number of amides is 1. The number of H-pyrrole nitrogens is 1. The number of alkyl halides is 1. The van der Waals surface area contributed by atoms with Crippen molar-refractivity contribution in [2.45, 2.75) is 24.1 Å². The molecule has 0 bridgehead atoms. The summed E-state index contributed by atoms with van der Waals surface area (Å²) in [6.07, 6.45) is 0.972. The van der Waals surface area contributed by atoms with Crippen LogP contribution >= 0.6 is 0 Å². The number of hydrogen-bond acceptors (Lipinski definition) is 8. The molecule has 1 fully saturated rings. The molecule has 208 valence electrons. The normalized spacial score (nSPS) is 17.3. The van der Waals surface area contributed by atoms with Gasteiger partial charge in [0.15, 0.2) is 12.1 Å². The Hall–Kier alpha value is -4.49. The minimum atomic E-state index is -4.52. The van der Waals surface area contributed by atoms with Crippen molar-refractivity contribution in [3.05, 3.63) is 88.6 Å². The number of hydrogen-bond donors (Lipinski definition) is 2. The lowest BCUT2D eigenvalue weighted by Crippen LogP contribution is -2.31. The summed E-state index contributed by atoms with van der Waals surface area (Å²) in [5, 5.41) is 12.6. The van der Waals surface area contributed by atoms with Gasteiger partial charge in [-0.3, -0.25) is 14.9 Å². The second-order valence-electron chi connectivity index (χ2n) is 9.13. The minimum Gasteiger partial charge on any atom is -0.487 e. The number of sulfonamides is 1. The van der Waals surface area contributed by atoms with Crippen LogP contribution in [0, 0.1) is 16.0 Å².